The van der Waals surface area contributed by atoms with E-state index in [1.54, 1.807) is 36.1 Å². The van der Waals surface area contributed by atoms with Crippen molar-refractivity contribution in [3.8, 4) is 5.75 Å². The van der Waals surface area contributed by atoms with E-state index in [4.69, 9.17) is 5.73 Å². The molecule has 3 N–H and O–H groups in total. The van der Waals surface area contributed by atoms with Crippen molar-refractivity contribution >= 4 is 17.3 Å². The number of phenolic OH excluding ortho intramolecular Hbond substituents is 1. The Hall–Kier alpha value is -2.49. The van der Waals surface area contributed by atoms with Crippen molar-refractivity contribution in [2.24, 2.45) is 0 Å². The summed E-state index contributed by atoms with van der Waals surface area (Å²) in [6, 6.07) is 12.2. The molecule has 2 aromatic rings. The second kappa shape index (κ2) is 6.31. The molecule has 1 amide bonds. The molecule has 110 valence electrons. The van der Waals surface area contributed by atoms with Crippen molar-refractivity contribution in [2.75, 3.05) is 17.2 Å². The molecule has 4 heteroatoms. The molecule has 0 bridgehead atoms. The molecule has 4 nitrogen and oxygen atoms in total. The molecule has 0 aliphatic heterocycles. The van der Waals surface area contributed by atoms with E-state index >= 15 is 0 Å². The first-order valence-corrected chi connectivity index (χ1v) is 7.00. The van der Waals surface area contributed by atoms with Crippen LogP contribution in [0.25, 0.3) is 0 Å². The highest BCUT2D eigenvalue weighted by Gasteiger charge is 2.19. The maximum absolute atomic E-state index is 12.7. The summed E-state index contributed by atoms with van der Waals surface area (Å²) < 4.78 is 0. The summed E-state index contributed by atoms with van der Waals surface area (Å²) in [5, 5.41) is 9.58. The van der Waals surface area contributed by atoms with Crippen LogP contribution in [-0.2, 0) is 0 Å². The lowest BCUT2D eigenvalue weighted by Gasteiger charge is -2.24. The molecule has 0 spiro atoms. The molecule has 2 rings (SSSR count). The molecule has 0 heterocycles. The highest BCUT2D eigenvalue weighted by atomic mass is 16.3. The van der Waals surface area contributed by atoms with E-state index in [2.05, 4.69) is 0 Å². The predicted molar refractivity (Wildman–Crippen MR) is 85.7 cm³/mol. The number of carbonyl (C=O) groups excluding carboxylic acids is 1. The van der Waals surface area contributed by atoms with Gasteiger partial charge in [0.15, 0.2) is 0 Å². The third-order valence-corrected chi connectivity index (χ3v) is 3.36. The SMILES string of the molecule is CCCN(C(=O)c1ccc(O)c(C)c1)c1ccccc1N. The van der Waals surface area contributed by atoms with E-state index in [1.165, 1.54) is 0 Å². The van der Waals surface area contributed by atoms with Crippen molar-refractivity contribution in [1.29, 1.82) is 0 Å². The maximum Gasteiger partial charge on any atom is 0.258 e. The van der Waals surface area contributed by atoms with Crippen LogP contribution in [0.5, 0.6) is 5.75 Å². The third kappa shape index (κ3) is 3.16. The second-order valence-electron chi connectivity index (χ2n) is 5.02. The molecule has 0 saturated heterocycles. The number of hydrogen-bond acceptors (Lipinski definition) is 3. The van der Waals surface area contributed by atoms with Crippen LogP contribution >= 0.6 is 0 Å². The molecule has 0 aromatic heterocycles. The number of amides is 1. The monoisotopic (exact) mass is 284 g/mol. The lowest BCUT2D eigenvalue weighted by molar-refractivity contribution is 0.0987. The summed E-state index contributed by atoms with van der Waals surface area (Å²) in [7, 11) is 0. The maximum atomic E-state index is 12.7. The first kappa shape index (κ1) is 14.9. The second-order valence-corrected chi connectivity index (χ2v) is 5.02. The van der Waals surface area contributed by atoms with Crippen molar-refractivity contribution in [3.63, 3.8) is 0 Å². The van der Waals surface area contributed by atoms with Crippen molar-refractivity contribution in [2.45, 2.75) is 20.3 Å². The van der Waals surface area contributed by atoms with Gasteiger partial charge in [-0.05, 0) is 49.2 Å². The number of nitrogens with two attached hydrogens (primary N) is 1. The Morgan fingerprint density at radius 1 is 1.24 bits per heavy atom. The van der Waals surface area contributed by atoms with Crippen LogP contribution < -0.4 is 10.6 Å². The average Bonchev–Trinajstić information content (AvgIpc) is 2.48. The number of rotatable bonds is 4. The Bertz CT molecular complexity index is 653. The van der Waals surface area contributed by atoms with Crippen LogP contribution in [0.2, 0.25) is 0 Å². The number of nitrogen functional groups attached to an aromatic ring is 1. The lowest BCUT2D eigenvalue weighted by atomic mass is 10.1. The fraction of sp³-hybridized carbons (Fsp3) is 0.235. The minimum atomic E-state index is -0.113. The van der Waals surface area contributed by atoms with Gasteiger partial charge in [0.05, 0.1) is 11.4 Å². The van der Waals surface area contributed by atoms with Gasteiger partial charge in [0.2, 0.25) is 0 Å². The van der Waals surface area contributed by atoms with E-state index in [9.17, 15) is 9.90 Å². The highest BCUT2D eigenvalue weighted by Crippen LogP contribution is 2.26. The van der Waals surface area contributed by atoms with Gasteiger partial charge < -0.3 is 15.7 Å². The Balaban J connectivity index is 2.40. The van der Waals surface area contributed by atoms with Gasteiger partial charge in [-0.3, -0.25) is 4.79 Å². The first-order chi connectivity index (χ1) is 10.0. The zero-order valence-electron chi connectivity index (χ0n) is 12.3. The number of benzene rings is 2. The van der Waals surface area contributed by atoms with Crippen molar-refractivity contribution < 1.29 is 9.90 Å². The van der Waals surface area contributed by atoms with Gasteiger partial charge in [0.25, 0.3) is 5.91 Å². The van der Waals surface area contributed by atoms with Gasteiger partial charge in [0, 0.05) is 12.1 Å². The summed E-state index contributed by atoms with van der Waals surface area (Å²) in [6.07, 6.45) is 0.830. The summed E-state index contributed by atoms with van der Waals surface area (Å²) in [5.41, 5.74) is 8.51. The van der Waals surface area contributed by atoms with Crippen LogP contribution in [0.1, 0.15) is 29.3 Å². The summed E-state index contributed by atoms with van der Waals surface area (Å²) in [4.78, 5) is 14.4. The van der Waals surface area contributed by atoms with Gasteiger partial charge in [0.1, 0.15) is 5.75 Å². The van der Waals surface area contributed by atoms with Crippen LogP contribution in [0.3, 0.4) is 0 Å². The topological polar surface area (TPSA) is 66.6 Å². The zero-order chi connectivity index (χ0) is 15.4. The fourth-order valence-corrected chi connectivity index (χ4v) is 2.23. The fourth-order valence-electron chi connectivity index (χ4n) is 2.23. The van der Waals surface area contributed by atoms with E-state index in [0.717, 1.165) is 12.1 Å². The molecule has 2 aromatic carbocycles. The molecular formula is C17H20N2O2. The third-order valence-electron chi connectivity index (χ3n) is 3.36. The zero-order valence-corrected chi connectivity index (χ0v) is 12.3. The predicted octanol–water partition coefficient (Wildman–Crippen LogP) is 3.34. The number of carbonyl (C=O) groups is 1. The molecule has 0 radical (unpaired) electrons. The minimum absolute atomic E-state index is 0.113. The Labute approximate surface area is 124 Å². The molecule has 0 fully saturated rings. The van der Waals surface area contributed by atoms with E-state index in [1.807, 2.05) is 25.1 Å². The summed E-state index contributed by atoms with van der Waals surface area (Å²) >= 11 is 0. The van der Waals surface area contributed by atoms with Gasteiger partial charge in [-0.15, -0.1) is 0 Å². The van der Waals surface area contributed by atoms with E-state index < -0.39 is 0 Å². The quantitative estimate of drug-likeness (QED) is 0.846. The largest absolute Gasteiger partial charge is 0.508 e. The van der Waals surface area contributed by atoms with Crippen LogP contribution in [0, 0.1) is 6.92 Å². The van der Waals surface area contributed by atoms with Gasteiger partial charge in [-0.25, -0.2) is 0 Å². The van der Waals surface area contributed by atoms with Crippen LogP contribution in [0.4, 0.5) is 11.4 Å². The van der Waals surface area contributed by atoms with E-state index in [-0.39, 0.29) is 11.7 Å². The Kier molecular flexibility index (Phi) is 4.48. The van der Waals surface area contributed by atoms with Crippen molar-refractivity contribution in [3.05, 3.63) is 53.6 Å². The average molecular weight is 284 g/mol. The molecule has 0 atom stereocenters. The van der Waals surface area contributed by atoms with E-state index in [0.29, 0.717) is 23.4 Å². The standard InChI is InChI=1S/C17H20N2O2/c1-3-10-19(15-7-5-4-6-14(15)18)17(21)13-8-9-16(20)12(2)11-13/h4-9,11,20H,3,10,18H2,1-2H3. The molecule has 0 aliphatic rings. The number of para-hydroxylation sites is 2. The van der Waals surface area contributed by atoms with Gasteiger partial charge in [-0.1, -0.05) is 19.1 Å². The normalized spacial score (nSPS) is 10.4. The molecule has 21 heavy (non-hydrogen) atoms. The minimum Gasteiger partial charge on any atom is -0.508 e. The number of aromatic hydroxyl groups is 1. The van der Waals surface area contributed by atoms with Crippen LogP contribution in [-0.4, -0.2) is 17.6 Å². The molecular weight excluding hydrogens is 264 g/mol. The molecule has 0 unspecified atom stereocenters. The number of hydrogen-bond donors (Lipinski definition) is 2. The number of nitrogens with zero attached hydrogens (tertiary/aromatic N) is 1. The molecule has 0 aliphatic carbocycles. The van der Waals surface area contributed by atoms with Crippen molar-refractivity contribution in [1.82, 2.24) is 0 Å². The van der Waals surface area contributed by atoms with Gasteiger partial charge >= 0.3 is 0 Å². The van der Waals surface area contributed by atoms with Crippen LogP contribution in [0.15, 0.2) is 42.5 Å². The Morgan fingerprint density at radius 3 is 2.57 bits per heavy atom. The van der Waals surface area contributed by atoms with Gasteiger partial charge in [-0.2, -0.15) is 0 Å². The summed E-state index contributed by atoms with van der Waals surface area (Å²) in [6.45, 7) is 4.38. The number of phenols is 1. The molecule has 0 saturated carbocycles. The highest BCUT2D eigenvalue weighted by molar-refractivity contribution is 6.07. The summed E-state index contributed by atoms with van der Waals surface area (Å²) in [5.74, 6) is 0.0747. The number of anilines is 2. The Morgan fingerprint density at radius 2 is 1.95 bits per heavy atom. The number of aryl methyl sites for hydroxylation is 1. The lowest BCUT2D eigenvalue weighted by Crippen LogP contribution is -2.32. The smallest absolute Gasteiger partial charge is 0.258 e. The first-order valence-electron chi connectivity index (χ1n) is 7.00.